The summed E-state index contributed by atoms with van der Waals surface area (Å²) in [6, 6.07) is 20.6. The van der Waals surface area contributed by atoms with E-state index in [1.165, 1.54) is 35.0 Å². The van der Waals surface area contributed by atoms with E-state index in [1.807, 2.05) is 18.2 Å². The van der Waals surface area contributed by atoms with Crippen molar-refractivity contribution in [1.29, 1.82) is 0 Å². The van der Waals surface area contributed by atoms with Crippen molar-refractivity contribution in [2.45, 2.75) is 50.8 Å². The second kappa shape index (κ2) is 19.6. The number of hydrogen-bond acceptors (Lipinski definition) is 11. The zero-order chi connectivity index (χ0) is 46.6. The molecule has 0 bridgehead atoms. The lowest BCUT2D eigenvalue weighted by Gasteiger charge is -2.39. The Labute approximate surface area is 391 Å². The molecule has 346 valence electrons. The van der Waals surface area contributed by atoms with Gasteiger partial charge in [0, 0.05) is 97.3 Å². The second-order valence-electron chi connectivity index (χ2n) is 18.1. The first kappa shape index (κ1) is 46.7. The molecule has 2 N–H and O–H groups in total. The molecular formula is C48H54ClN9O6S2. The standard InChI is InChI=1S/C48H54ClN9O6S2/c1-48(2)17-15-37(43(31-48)34-7-10-38(49)11-8-34)33-56-20-22-57(23-21-56)39-12-14-42(45(29-39)64-40-28-36-16-18-51-46(36)52-32-40)47(59)53-66(62,63)41-13-9-35(44(30-41)58(60)61)6-5-19-55-24-26-65(4,27-25-55)54-50-3/h7-14,16,18,28-30,32H,4-6,15,17,19-27,31,33H2,1-2H3,(H,51,52)(H,53,59). The number of carbonyl (C=O) groups is 1. The SMILES string of the molecule is [C-]#[N+]N=S1(=C)CCN(CCCc2ccc(S(=O)(=O)NC(=O)c3ccc(N4CCN(CC5=C(c6ccc(Cl)cc6)CC(C)(C)CC5)CC4)cc3Oc3cnc4[nH]ccc4c3)cc2[N+](=O)[O-])CC1. The number of fused-ring (bicyclic) bond motifs is 1. The molecule has 0 saturated carbocycles. The number of nitro groups is 1. The number of anilines is 1. The fourth-order valence-electron chi connectivity index (χ4n) is 9.01. The minimum absolute atomic E-state index is 0.0405. The Kier molecular flexibility index (Phi) is 13.9. The Hall–Kier alpha value is -5.77. The highest BCUT2D eigenvalue weighted by molar-refractivity contribution is 8.02. The van der Waals surface area contributed by atoms with Gasteiger partial charge in [-0.3, -0.25) is 19.8 Å². The third-order valence-corrected chi connectivity index (χ3v) is 16.7. The van der Waals surface area contributed by atoms with Gasteiger partial charge in [0.1, 0.15) is 21.6 Å². The summed E-state index contributed by atoms with van der Waals surface area (Å²) in [5, 5.41) is 13.7. The van der Waals surface area contributed by atoms with Crippen LogP contribution in [0.15, 0.2) is 100 Å². The molecule has 0 unspecified atom stereocenters. The number of aryl methyl sites for hydroxylation is 1. The van der Waals surface area contributed by atoms with Crippen LogP contribution in [-0.2, 0) is 25.9 Å². The van der Waals surface area contributed by atoms with Gasteiger partial charge in [0.25, 0.3) is 21.6 Å². The molecule has 2 fully saturated rings. The second-order valence-corrected chi connectivity index (χ2v) is 23.2. The predicted molar refractivity (Wildman–Crippen MR) is 263 cm³/mol. The van der Waals surface area contributed by atoms with Gasteiger partial charge in [0.15, 0.2) is 0 Å². The van der Waals surface area contributed by atoms with E-state index in [2.05, 4.69) is 70.7 Å². The molecule has 1 aliphatic carbocycles. The number of rotatable bonds is 14. The first-order valence-electron chi connectivity index (χ1n) is 22.0. The number of sulfonamides is 1. The summed E-state index contributed by atoms with van der Waals surface area (Å²) in [5.74, 6) is 5.14. The molecule has 18 heteroatoms. The van der Waals surface area contributed by atoms with Gasteiger partial charge in [0.2, 0.25) is 0 Å². The number of hydrogen-bond donors (Lipinski definition) is 2. The van der Waals surface area contributed by atoms with Gasteiger partial charge in [-0.2, -0.15) is 6.57 Å². The quantitative estimate of drug-likeness (QED) is 0.0475. The lowest BCUT2D eigenvalue weighted by Crippen LogP contribution is -2.47. The molecule has 5 aromatic rings. The van der Waals surface area contributed by atoms with Crippen LogP contribution in [0.1, 0.15) is 61.0 Å². The van der Waals surface area contributed by atoms with E-state index in [-0.39, 0.29) is 22.4 Å². The first-order chi connectivity index (χ1) is 31.6. The molecular weight excluding hydrogens is 898 g/mol. The largest absolute Gasteiger partial charge is 0.455 e. The molecule has 1 amide bonds. The van der Waals surface area contributed by atoms with Gasteiger partial charge in [-0.05, 0) is 97.7 Å². The number of H-pyrrole nitrogens is 1. The number of aromatic amines is 1. The summed E-state index contributed by atoms with van der Waals surface area (Å²) in [7, 11) is -6.09. The van der Waals surface area contributed by atoms with E-state index in [1.54, 1.807) is 30.5 Å². The maximum atomic E-state index is 14.0. The maximum absolute atomic E-state index is 14.0. The van der Waals surface area contributed by atoms with E-state index < -0.39 is 35.2 Å². The normalized spacial score (nSPS) is 17.9. The number of allylic oxidation sites excluding steroid dienone is 1. The van der Waals surface area contributed by atoms with Crippen molar-refractivity contribution in [3.8, 4) is 11.5 Å². The van der Waals surface area contributed by atoms with Crippen LogP contribution in [0.5, 0.6) is 11.5 Å². The molecule has 0 spiro atoms. The summed E-state index contributed by atoms with van der Waals surface area (Å²) < 4.78 is 40.0. The van der Waals surface area contributed by atoms with Crippen molar-refractivity contribution in [2.24, 2.45) is 9.89 Å². The summed E-state index contributed by atoms with van der Waals surface area (Å²) in [5.41, 5.74) is 5.78. The third-order valence-electron chi connectivity index (χ3n) is 12.8. The number of pyridine rings is 1. The molecule has 3 aliphatic rings. The topological polar surface area (TPSA) is 171 Å². The van der Waals surface area contributed by atoms with Crippen LogP contribution in [-0.4, -0.2) is 109 Å². The Balaban J connectivity index is 0.972. The zero-order valence-electron chi connectivity index (χ0n) is 37.2. The molecule has 15 nitrogen and oxygen atoms in total. The van der Waals surface area contributed by atoms with Gasteiger partial charge >= 0.3 is 0 Å². The van der Waals surface area contributed by atoms with Crippen molar-refractivity contribution >= 4 is 70.8 Å². The number of ether oxygens (including phenoxy) is 1. The third kappa shape index (κ3) is 11.1. The number of nitrogens with one attached hydrogen (secondary N) is 2. The first-order valence-corrected chi connectivity index (χ1v) is 26.0. The Morgan fingerprint density at radius 1 is 1.05 bits per heavy atom. The Bertz CT molecular complexity index is 2950. The average molecular weight is 953 g/mol. The fraction of sp³-hybridized carbons (Fsp3) is 0.375. The predicted octanol–water partition coefficient (Wildman–Crippen LogP) is 8.67. The van der Waals surface area contributed by atoms with E-state index in [9.17, 15) is 23.3 Å². The fourth-order valence-corrected chi connectivity index (χ4v) is 11.9. The number of nitrogens with zero attached hydrogens (tertiary/aromatic N) is 7. The number of benzene rings is 3. The van der Waals surface area contributed by atoms with Gasteiger partial charge < -0.3 is 19.5 Å². The van der Waals surface area contributed by atoms with Crippen molar-refractivity contribution in [1.82, 2.24) is 24.5 Å². The molecule has 2 aliphatic heterocycles. The van der Waals surface area contributed by atoms with Crippen LogP contribution in [0.4, 0.5) is 11.4 Å². The highest BCUT2D eigenvalue weighted by Crippen LogP contribution is 2.43. The minimum Gasteiger partial charge on any atom is -0.455 e. The maximum Gasteiger partial charge on any atom is 0.273 e. The van der Waals surface area contributed by atoms with Crippen LogP contribution in [0.3, 0.4) is 0 Å². The number of halogens is 1. The van der Waals surface area contributed by atoms with Crippen LogP contribution in [0.25, 0.3) is 21.6 Å². The van der Waals surface area contributed by atoms with Crippen molar-refractivity contribution in [3.05, 3.63) is 134 Å². The van der Waals surface area contributed by atoms with Crippen LogP contribution in [0, 0.1) is 22.1 Å². The number of aromatic nitrogens is 2. The van der Waals surface area contributed by atoms with Gasteiger partial charge in [-0.1, -0.05) is 64.5 Å². The molecule has 3 aromatic carbocycles. The van der Waals surface area contributed by atoms with E-state index >= 15 is 0 Å². The minimum atomic E-state index is -4.57. The van der Waals surface area contributed by atoms with Crippen molar-refractivity contribution in [2.75, 3.05) is 68.8 Å². The molecule has 0 radical (unpaired) electrons. The zero-order valence-corrected chi connectivity index (χ0v) is 39.6. The number of piperazine rings is 1. The molecule has 0 atom stereocenters. The Morgan fingerprint density at radius 2 is 1.80 bits per heavy atom. The van der Waals surface area contributed by atoms with E-state index in [0.717, 1.165) is 98.7 Å². The summed E-state index contributed by atoms with van der Waals surface area (Å²) in [6.07, 6.45) is 7.42. The van der Waals surface area contributed by atoms with Gasteiger partial charge in [-0.15, -0.1) is 4.95 Å². The molecule has 8 rings (SSSR count). The Morgan fingerprint density at radius 3 is 2.53 bits per heavy atom. The van der Waals surface area contributed by atoms with E-state index in [4.69, 9.17) is 22.9 Å². The van der Waals surface area contributed by atoms with Crippen molar-refractivity contribution < 1.29 is 22.9 Å². The average Bonchev–Trinajstić information content (AvgIpc) is 3.76. The lowest BCUT2D eigenvalue weighted by molar-refractivity contribution is -0.385. The van der Waals surface area contributed by atoms with Crippen LogP contribution < -0.4 is 14.4 Å². The van der Waals surface area contributed by atoms with Crippen molar-refractivity contribution in [3.63, 3.8) is 0 Å². The van der Waals surface area contributed by atoms with Crippen LogP contribution in [0.2, 0.25) is 5.02 Å². The smallest absolute Gasteiger partial charge is 0.273 e. The molecule has 2 aromatic heterocycles. The van der Waals surface area contributed by atoms with Crippen LogP contribution >= 0.6 is 11.6 Å². The highest BCUT2D eigenvalue weighted by Gasteiger charge is 2.31. The number of amides is 1. The van der Waals surface area contributed by atoms with Gasteiger partial charge in [0.05, 0.1) is 21.6 Å². The summed E-state index contributed by atoms with van der Waals surface area (Å²) in [6.45, 7) is 17.8. The van der Waals surface area contributed by atoms with E-state index in [0.29, 0.717) is 36.3 Å². The molecule has 4 heterocycles. The monoisotopic (exact) mass is 951 g/mol. The highest BCUT2D eigenvalue weighted by atomic mass is 35.5. The summed E-state index contributed by atoms with van der Waals surface area (Å²) in [4.78, 5) is 42.8. The number of carbonyl (C=O) groups excluding carboxylic acids is 1. The lowest BCUT2D eigenvalue weighted by atomic mass is 9.72. The number of nitro benzene ring substituents is 1. The molecule has 2 saturated heterocycles. The van der Waals surface area contributed by atoms with Gasteiger partial charge in [-0.25, -0.2) is 18.1 Å². The summed E-state index contributed by atoms with van der Waals surface area (Å²) >= 11 is 6.25. The molecule has 66 heavy (non-hydrogen) atoms.